The maximum Gasteiger partial charge on any atom is 0.306 e. The summed E-state index contributed by atoms with van der Waals surface area (Å²) in [4.78, 5) is 23.3. The van der Waals surface area contributed by atoms with Crippen LogP contribution in [0.4, 0.5) is 5.69 Å². The number of halogens is 1. The normalized spacial score (nSPS) is 20.3. The van der Waals surface area contributed by atoms with Crippen LogP contribution < -0.4 is 10.1 Å². The van der Waals surface area contributed by atoms with E-state index >= 15 is 0 Å². The number of amides is 1. The van der Waals surface area contributed by atoms with Gasteiger partial charge in [-0.2, -0.15) is 0 Å². The van der Waals surface area contributed by atoms with Crippen LogP contribution in [0.25, 0.3) is 0 Å². The van der Waals surface area contributed by atoms with E-state index in [1.165, 1.54) is 0 Å². The van der Waals surface area contributed by atoms with Gasteiger partial charge in [-0.25, -0.2) is 0 Å². The third kappa shape index (κ3) is 4.59. The van der Waals surface area contributed by atoms with Crippen molar-refractivity contribution in [3.8, 4) is 5.75 Å². The topological polar surface area (TPSA) is 84.9 Å². The average Bonchev–Trinajstić information content (AvgIpc) is 3.00. The highest BCUT2D eigenvalue weighted by atomic mass is 35.5. The molecule has 0 bridgehead atoms. The van der Waals surface area contributed by atoms with Crippen LogP contribution in [0.5, 0.6) is 5.75 Å². The number of aliphatic carboxylic acids is 1. The van der Waals surface area contributed by atoms with Gasteiger partial charge in [0.25, 0.3) is 0 Å². The molecule has 0 spiro atoms. The zero-order valence-corrected chi connectivity index (χ0v) is 13.6. The van der Waals surface area contributed by atoms with Crippen molar-refractivity contribution in [1.29, 1.82) is 0 Å². The molecule has 2 atom stereocenters. The zero-order valence-electron chi connectivity index (χ0n) is 12.9. The van der Waals surface area contributed by atoms with E-state index in [0.717, 1.165) is 0 Å². The molecule has 1 fully saturated rings. The van der Waals surface area contributed by atoms with Crippen molar-refractivity contribution in [3.63, 3.8) is 0 Å². The van der Waals surface area contributed by atoms with E-state index in [9.17, 15) is 9.59 Å². The van der Waals surface area contributed by atoms with E-state index < -0.39 is 11.9 Å². The Balaban J connectivity index is 2.03. The minimum Gasteiger partial charge on any atom is -0.487 e. The molecule has 2 rings (SSSR count). The van der Waals surface area contributed by atoms with Gasteiger partial charge < -0.3 is 19.9 Å². The minimum absolute atomic E-state index is 0.201. The molecule has 1 aliphatic rings. The van der Waals surface area contributed by atoms with Gasteiger partial charge in [-0.1, -0.05) is 17.7 Å². The van der Waals surface area contributed by atoms with Crippen molar-refractivity contribution < 1.29 is 24.2 Å². The van der Waals surface area contributed by atoms with Crippen molar-refractivity contribution >= 4 is 29.2 Å². The summed E-state index contributed by atoms with van der Waals surface area (Å²) in [5.74, 6) is -1.39. The fraction of sp³-hybridized carbons (Fsp3) is 0.500. The number of anilines is 1. The molecule has 0 unspecified atom stereocenters. The molecule has 0 aromatic heterocycles. The van der Waals surface area contributed by atoms with Crippen molar-refractivity contribution in [3.05, 3.63) is 23.2 Å². The number of nitrogens with one attached hydrogen (secondary N) is 1. The summed E-state index contributed by atoms with van der Waals surface area (Å²) in [5.41, 5.74) is 0.484. The van der Waals surface area contributed by atoms with Gasteiger partial charge in [-0.05, 0) is 31.4 Å². The highest BCUT2D eigenvalue weighted by Crippen LogP contribution is 2.35. The largest absolute Gasteiger partial charge is 0.487 e. The molecule has 7 heteroatoms. The molecular formula is C16H20ClNO5. The minimum atomic E-state index is -0.841. The van der Waals surface area contributed by atoms with Crippen LogP contribution in [0, 0.1) is 11.8 Å². The molecule has 1 aromatic rings. The molecule has 23 heavy (non-hydrogen) atoms. The van der Waals surface area contributed by atoms with Crippen molar-refractivity contribution in [1.82, 2.24) is 0 Å². The van der Waals surface area contributed by atoms with Crippen molar-refractivity contribution in [2.75, 3.05) is 25.6 Å². The quantitative estimate of drug-likeness (QED) is 0.745. The smallest absolute Gasteiger partial charge is 0.306 e. The van der Waals surface area contributed by atoms with Crippen LogP contribution in [-0.4, -0.2) is 37.3 Å². The number of rotatable bonds is 7. The number of carbonyl (C=O) groups excluding carboxylic acids is 1. The Labute approximate surface area is 139 Å². The first-order valence-corrected chi connectivity index (χ1v) is 7.84. The monoisotopic (exact) mass is 341 g/mol. The SMILES string of the molecule is COCCOc1c(Cl)cccc1NC(=O)[C@@H]1CC[C@H](C(=O)O)C1. The lowest BCUT2D eigenvalue weighted by Crippen LogP contribution is -2.22. The Bertz CT molecular complexity index is 578. The van der Waals surface area contributed by atoms with Gasteiger partial charge in [0.05, 0.1) is 23.2 Å². The predicted molar refractivity (Wildman–Crippen MR) is 85.9 cm³/mol. The molecule has 0 heterocycles. The summed E-state index contributed by atoms with van der Waals surface area (Å²) in [7, 11) is 1.57. The summed E-state index contributed by atoms with van der Waals surface area (Å²) >= 11 is 6.12. The first kappa shape index (κ1) is 17.6. The number of para-hydroxylation sites is 1. The van der Waals surface area contributed by atoms with E-state index in [0.29, 0.717) is 48.9 Å². The lowest BCUT2D eigenvalue weighted by Gasteiger charge is -2.16. The van der Waals surface area contributed by atoms with Gasteiger partial charge in [0, 0.05) is 13.0 Å². The highest BCUT2D eigenvalue weighted by Gasteiger charge is 2.34. The Morgan fingerprint density at radius 2 is 2.04 bits per heavy atom. The third-order valence-electron chi connectivity index (χ3n) is 3.91. The predicted octanol–water partition coefficient (Wildman–Crippen LogP) is 2.80. The summed E-state index contributed by atoms with van der Waals surface area (Å²) in [6.07, 6.45) is 1.46. The molecule has 126 valence electrons. The molecule has 1 saturated carbocycles. The van der Waals surface area contributed by atoms with Crippen LogP contribution in [-0.2, 0) is 14.3 Å². The number of carboxylic acid groups (broad SMARTS) is 1. The molecule has 1 aliphatic carbocycles. The van der Waals surface area contributed by atoms with Crippen molar-refractivity contribution in [2.24, 2.45) is 11.8 Å². The Kier molecular flexibility index (Phi) is 6.24. The lowest BCUT2D eigenvalue weighted by molar-refractivity contribution is -0.141. The van der Waals surface area contributed by atoms with Crippen LogP contribution >= 0.6 is 11.6 Å². The number of hydrogen-bond donors (Lipinski definition) is 2. The Hall–Kier alpha value is -1.79. The fourth-order valence-corrected chi connectivity index (χ4v) is 2.89. The van der Waals surface area contributed by atoms with Crippen LogP contribution in [0.1, 0.15) is 19.3 Å². The lowest BCUT2D eigenvalue weighted by atomic mass is 10.0. The third-order valence-corrected chi connectivity index (χ3v) is 4.21. The number of carbonyl (C=O) groups is 2. The maximum atomic E-state index is 12.3. The molecule has 2 N–H and O–H groups in total. The number of benzene rings is 1. The first-order chi connectivity index (χ1) is 11.0. The van der Waals surface area contributed by atoms with Gasteiger partial charge in [-0.3, -0.25) is 9.59 Å². The van der Waals surface area contributed by atoms with Crippen LogP contribution in [0.2, 0.25) is 5.02 Å². The van der Waals surface area contributed by atoms with E-state index in [-0.39, 0.29) is 11.8 Å². The van der Waals surface area contributed by atoms with E-state index in [1.54, 1.807) is 25.3 Å². The van der Waals surface area contributed by atoms with Crippen LogP contribution in [0.3, 0.4) is 0 Å². The summed E-state index contributed by atoms with van der Waals surface area (Å²) < 4.78 is 10.5. The highest BCUT2D eigenvalue weighted by molar-refractivity contribution is 6.32. The second kappa shape index (κ2) is 8.17. The van der Waals surface area contributed by atoms with Gasteiger partial charge in [0.1, 0.15) is 6.61 Å². The first-order valence-electron chi connectivity index (χ1n) is 7.46. The van der Waals surface area contributed by atoms with E-state index in [2.05, 4.69) is 5.32 Å². The maximum absolute atomic E-state index is 12.3. The van der Waals surface area contributed by atoms with Crippen LogP contribution in [0.15, 0.2) is 18.2 Å². The second-order valence-electron chi connectivity index (χ2n) is 5.49. The summed E-state index contributed by atoms with van der Waals surface area (Å²) in [5, 5.41) is 12.2. The molecule has 1 amide bonds. The average molecular weight is 342 g/mol. The summed E-state index contributed by atoms with van der Waals surface area (Å²) in [6, 6.07) is 5.10. The van der Waals surface area contributed by atoms with Gasteiger partial charge in [0.2, 0.25) is 5.91 Å². The molecule has 0 aliphatic heterocycles. The molecule has 1 aromatic carbocycles. The fourth-order valence-electron chi connectivity index (χ4n) is 2.66. The second-order valence-corrected chi connectivity index (χ2v) is 5.90. The zero-order chi connectivity index (χ0) is 16.8. The van der Waals surface area contributed by atoms with Gasteiger partial charge in [0.15, 0.2) is 5.75 Å². The number of ether oxygens (including phenoxy) is 2. The van der Waals surface area contributed by atoms with Gasteiger partial charge >= 0.3 is 5.97 Å². The number of carboxylic acids is 1. The van der Waals surface area contributed by atoms with Gasteiger partial charge in [-0.15, -0.1) is 0 Å². The Morgan fingerprint density at radius 1 is 1.30 bits per heavy atom. The standard InChI is InChI=1S/C16H20ClNO5/c1-22-7-8-23-14-12(17)3-2-4-13(14)18-15(19)10-5-6-11(9-10)16(20)21/h2-4,10-11H,5-9H2,1H3,(H,18,19)(H,20,21)/t10-,11+/m1/s1. The van der Waals surface area contributed by atoms with E-state index in [4.69, 9.17) is 26.2 Å². The molecule has 0 saturated heterocycles. The number of hydrogen-bond acceptors (Lipinski definition) is 4. The summed E-state index contributed by atoms with van der Waals surface area (Å²) in [6.45, 7) is 0.717. The molecular weight excluding hydrogens is 322 g/mol. The molecule has 0 radical (unpaired) electrons. The Morgan fingerprint density at radius 3 is 2.70 bits per heavy atom. The molecule has 6 nitrogen and oxygen atoms in total. The van der Waals surface area contributed by atoms with Crippen molar-refractivity contribution in [2.45, 2.75) is 19.3 Å². The number of methoxy groups -OCH3 is 1. The van der Waals surface area contributed by atoms with E-state index in [1.807, 2.05) is 0 Å².